The predicted octanol–water partition coefficient (Wildman–Crippen LogP) is 2.90. The second-order valence-electron chi connectivity index (χ2n) is 5.79. The van der Waals surface area contributed by atoms with Crippen LogP contribution in [0.5, 0.6) is 0 Å². The van der Waals surface area contributed by atoms with E-state index in [1.807, 2.05) is 20.8 Å². The Bertz CT molecular complexity index is 486. The maximum absolute atomic E-state index is 12.7. The minimum absolute atomic E-state index is 0.00942. The zero-order chi connectivity index (χ0) is 15.2. The van der Waals surface area contributed by atoms with Gasteiger partial charge in [-0.05, 0) is 5.57 Å². The van der Waals surface area contributed by atoms with Gasteiger partial charge in [-0.25, -0.2) is 0 Å². The molecule has 0 saturated carbocycles. The van der Waals surface area contributed by atoms with E-state index < -0.39 is 11.5 Å². The fraction of sp³-hybridized carbons (Fsp3) is 0.692. The molecule has 0 spiro atoms. The van der Waals surface area contributed by atoms with E-state index in [2.05, 4.69) is 31.9 Å². The molecule has 0 bridgehead atoms. The number of ketones is 1. The van der Waals surface area contributed by atoms with Gasteiger partial charge in [-0.1, -0.05) is 52.6 Å². The highest BCUT2D eigenvalue weighted by Crippen LogP contribution is 2.48. The van der Waals surface area contributed by atoms with Gasteiger partial charge in [-0.15, -0.1) is 11.8 Å². The number of thioether (sulfide) groups is 1. The lowest BCUT2D eigenvalue weighted by Crippen LogP contribution is -2.66. The molecule has 2 aliphatic rings. The number of alkyl halides is 2. The first-order valence-electron chi connectivity index (χ1n) is 6.23. The number of β-lactam (4-membered cyclic amide) rings is 1. The highest BCUT2D eigenvalue weighted by Gasteiger charge is 2.56. The Labute approximate surface area is 139 Å². The minimum Gasteiger partial charge on any atom is -0.368 e. The van der Waals surface area contributed by atoms with Crippen LogP contribution in [0.3, 0.4) is 0 Å². The number of allylic oxidation sites excluding steroid dienone is 1. The molecule has 112 valence electrons. The third-order valence-corrected chi connectivity index (χ3v) is 6.43. The molecule has 0 N–H and O–H groups in total. The van der Waals surface area contributed by atoms with E-state index in [9.17, 15) is 9.59 Å². The predicted molar refractivity (Wildman–Crippen MR) is 87.0 cm³/mol. The normalized spacial score (nSPS) is 30.2. The average molecular weight is 427 g/mol. The molecule has 0 aromatic rings. The van der Waals surface area contributed by atoms with Gasteiger partial charge in [0.15, 0.2) is 11.9 Å². The Morgan fingerprint density at radius 2 is 2.05 bits per heavy atom. The Morgan fingerprint density at radius 1 is 1.45 bits per heavy atom. The van der Waals surface area contributed by atoms with E-state index in [1.54, 1.807) is 16.7 Å². The summed E-state index contributed by atoms with van der Waals surface area (Å²) in [7, 11) is 1.53. The molecule has 2 aliphatic heterocycles. The first-order chi connectivity index (χ1) is 9.23. The molecule has 1 fully saturated rings. The van der Waals surface area contributed by atoms with Crippen molar-refractivity contribution in [2.75, 3.05) is 12.4 Å². The van der Waals surface area contributed by atoms with Crippen LogP contribution in [-0.4, -0.2) is 44.7 Å². The maximum atomic E-state index is 12.7. The van der Waals surface area contributed by atoms with Crippen molar-refractivity contribution < 1.29 is 14.3 Å². The van der Waals surface area contributed by atoms with Crippen LogP contribution in [0.4, 0.5) is 0 Å². The molecule has 0 radical (unpaired) electrons. The van der Waals surface area contributed by atoms with Crippen molar-refractivity contribution in [1.82, 2.24) is 4.90 Å². The summed E-state index contributed by atoms with van der Waals surface area (Å²) in [5.41, 5.74) is 0.910. The van der Waals surface area contributed by atoms with Crippen LogP contribution in [0.2, 0.25) is 0 Å². The van der Waals surface area contributed by atoms with Crippen LogP contribution in [0.15, 0.2) is 11.3 Å². The largest absolute Gasteiger partial charge is 0.368 e. The number of hydrogen-bond acceptors (Lipinski definition) is 4. The quantitative estimate of drug-likeness (QED) is 0.514. The summed E-state index contributed by atoms with van der Waals surface area (Å²) in [6.45, 7) is 5.60. The lowest BCUT2D eigenvalue weighted by Gasteiger charge is -2.51. The molecule has 2 rings (SSSR count). The summed E-state index contributed by atoms with van der Waals surface area (Å²) in [5, 5.41) is 0.433. The number of carbonyl (C=O) groups is 2. The molecule has 2 heterocycles. The summed E-state index contributed by atoms with van der Waals surface area (Å²) in [5.74, 6) is -0.139. The van der Waals surface area contributed by atoms with Crippen molar-refractivity contribution in [1.29, 1.82) is 0 Å². The minimum atomic E-state index is -0.527. The molecule has 4 nitrogen and oxygen atoms in total. The van der Waals surface area contributed by atoms with E-state index in [1.165, 1.54) is 7.11 Å². The molecule has 0 aliphatic carbocycles. The van der Waals surface area contributed by atoms with Crippen molar-refractivity contribution >= 4 is 55.3 Å². The fourth-order valence-electron chi connectivity index (χ4n) is 2.23. The van der Waals surface area contributed by atoms with Crippen LogP contribution in [0, 0.1) is 5.41 Å². The highest BCUT2D eigenvalue weighted by atomic mass is 79.9. The van der Waals surface area contributed by atoms with Gasteiger partial charge in [0.25, 0.3) is 5.91 Å². The number of nitrogens with zero attached hydrogens (tertiary/aromatic N) is 1. The van der Waals surface area contributed by atoms with E-state index in [4.69, 9.17) is 4.74 Å². The molecule has 20 heavy (non-hydrogen) atoms. The van der Waals surface area contributed by atoms with E-state index in [0.29, 0.717) is 11.0 Å². The van der Waals surface area contributed by atoms with Gasteiger partial charge in [0, 0.05) is 17.9 Å². The summed E-state index contributed by atoms with van der Waals surface area (Å²) < 4.78 is 5.23. The summed E-state index contributed by atoms with van der Waals surface area (Å²) in [6, 6.07) is 0. The number of hydrogen-bond donors (Lipinski definition) is 0. The van der Waals surface area contributed by atoms with Crippen LogP contribution < -0.4 is 0 Å². The molecule has 1 unspecified atom stereocenters. The maximum Gasteiger partial charge on any atom is 0.260 e. The molecular formula is C13H17Br2NO3S. The van der Waals surface area contributed by atoms with Crippen LogP contribution in [0.1, 0.15) is 20.8 Å². The Kier molecular flexibility index (Phi) is 4.74. The lowest BCUT2D eigenvalue weighted by atomic mass is 9.86. The van der Waals surface area contributed by atoms with Crippen LogP contribution in [0.25, 0.3) is 0 Å². The third kappa shape index (κ3) is 2.51. The van der Waals surface area contributed by atoms with Gasteiger partial charge in [0.2, 0.25) is 0 Å². The van der Waals surface area contributed by atoms with Crippen molar-refractivity contribution in [3.63, 3.8) is 0 Å². The Hall–Kier alpha value is 0.150. The molecule has 7 heteroatoms. The summed E-state index contributed by atoms with van der Waals surface area (Å²) in [6.07, 6.45) is -0.459. The van der Waals surface area contributed by atoms with Gasteiger partial charge < -0.3 is 4.74 Å². The van der Waals surface area contributed by atoms with Crippen LogP contribution >= 0.6 is 43.6 Å². The van der Waals surface area contributed by atoms with Crippen LogP contribution in [-0.2, 0) is 14.3 Å². The van der Waals surface area contributed by atoms with Gasteiger partial charge in [0.1, 0.15) is 5.37 Å². The van der Waals surface area contributed by atoms with Gasteiger partial charge in [-0.2, -0.15) is 0 Å². The van der Waals surface area contributed by atoms with Crippen molar-refractivity contribution in [2.24, 2.45) is 5.41 Å². The van der Waals surface area contributed by atoms with Crippen molar-refractivity contribution in [3.05, 3.63) is 11.3 Å². The number of methoxy groups -OCH3 is 1. The lowest BCUT2D eigenvalue weighted by molar-refractivity contribution is -0.160. The smallest absolute Gasteiger partial charge is 0.260 e. The SMILES string of the molecule is CO[C@H]1C(=O)N2C(C(=O)C(C)(C)C)=C(CBr)C(Br)S[C@@H]12. The Morgan fingerprint density at radius 3 is 2.50 bits per heavy atom. The number of fused-ring (bicyclic) bond motifs is 1. The first kappa shape index (κ1) is 16.5. The zero-order valence-corrected chi connectivity index (χ0v) is 15.8. The second kappa shape index (κ2) is 5.74. The molecule has 0 aromatic carbocycles. The molecule has 3 atom stereocenters. The topological polar surface area (TPSA) is 46.6 Å². The number of amides is 1. The number of carbonyl (C=O) groups excluding carboxylic acids is 2. The van der Waals surface area contributed by atoms with Gasteiger partial charge in [0.05, 0.1) is 9.86 Å². The van der Waals surface area contributed by atoms with E-state index in [-0.39, 0.29) is 21.2 Å². The second-order valence-corrected chi connectivity index (χ2v) is 9.10. The standard InChI is InChI=1S/C13H17Br2NO3S/c1-13(2,3)9(17)7-6(5-14)10(15)20-12-8(19-4)11(18)16(7)12/h8,10,12H,5H2,1-4H3/t8-,10?,12-/m0/s1. The third-order valence-electron chi connectivity index (χ3n) is 3.37. The van der Waals surface area contributed by atoms with E-state index in [0.717, 1.165) is 5.57 Å². The first-order valence-corrected chi connectivity index (χ1v) is 9.21. The summed E-state index contributed by atoms with van der Waals surface area (Å²) in [4.78, 5) is 26.5. The molecule has 1 amide bonds. The van der Waals surface area contributed by atoms with Crippen molar-refractivity contribution in [3.8, 4) is 0 Å². The van der Waals surface area contributed by atoms with Crippen molar-refractivity contribution in [2.45, 2.75) is 36.4 Å². The van der Waals surface area contributed by atoms with E-state index >= 15 is 0 Å². The number of halogens is 2. The molecule has 1 saturated heterocycles. The highest BCUT2D eigenvalue weighted by molar-refractivity contribution is 9.11. The molecule has 0 aromatic heterocycles. The zero-order valence-electron chi connectivity index (χ0n) is 11.8. The van der Waals surface area contributed by atoms with Gasteiger partial charge in [-0.3, -0.25) is 14.5 Å². The average Bonchev–Trinajstić information content (AvgIpc) is 2.36. The fourth-order valence-corrected chi connectivity index (χ4v) is 5.81. The monoisotopic (exact) mass is 425 g/mol. The Balaban J connectivity index is 2.47. The molecular weight excluding hydrogens is 410 g/mol. The number of rotatable bonds is 3. The number of Topliss-reactive ketones (excluding diaryl/α,β-unsaturated/α-hetero) is 1. The van der Waals surface area contributed by atoms with Gasteiger partial charge >= 0.3 is 0 Å². The number of ether oxygens (including phenoxy) is 1. The summed E-state index contributed by atoms with van der Waals surface area (Å²) >= 11 is 8.62.